The average molecular weight is 440 g/mol. The van der Waals surface area contributed by atoms with E-state index in [-0.39, 0.29) is 5.91 Å². The summed E-state index contributed by atoms with van der Waals surface area (Å²) in [5, 5.41) is 6.85. The predicted molar refractivity (Wildman–Crippen MR) is 98.1 cm³/mol. The normalized spacial score (nSPS) is 12.5. The van der Waals surface area contributed by atoms with Crippen LogP contribution >= 0.6 is 11.3 Å². The molecule has 156 valence electrons. The minimum Gasteiger partial charge on any atom is -0.465 e. The van der Waals surface area contributed by atoms with Crippen LogP contribution in [0.4, 0.5) is 22.7 Å². The SMILES string of the molecule is COC(=O)c1ccc(-n2ncc3c2-c2sc(NC(C)=O)nc2C3)c(C(F)(F)F)c1F. The Morgan fingerprint density at radius 2 is 2.03 bits per heavy atom. The van der Waals surface area contributed by atoms with Crippen molar-refractivity contribution in [1.29, 1.82) is 0 Å². The maximum atomic E-state index is 14.7. The summed E-state index contributed by atoms with van der Waals surface area (Å²) < 4.78 is 61.3. The fourth-order valence-electron chi connectivity index (χ4n) is 3.26. The van der Waals surface area contributed by atoms with E-state index < -0.39 is 34.8 Å². The number of aromatic nitrogens is 3. The molecule has 4 rings (SSSR count). The summed E-state index contributed by atoms with van der Waals surface area (Å²) >= 11 is 1.08. The predicted octanol–water partition coefficient (Wildman–Crippen LogP) is 3.80. The van der Waals surface area contributed by atoms with Crippen molar-refractivity contribution in [3.8, 4) is 16.3 Å². The quantitative estimate of drug-likeness (QED) is 0.387. The molecule has 0 bridgehead atoms. The molecule has 1 N–H and O–H groups in total. The second-order valence-corrected chi connectivity index (χ2v) is 7.39. The molecule has 2 aromatic heterocycles. The van der Waals surface area contributed by atoms with Gasteiger partial charge in [-0.05, 0) is 12.1 Å². The number of carbonyl (C=O) groups is 2. The minimum atomic E-state index is -5.10. The van der Waals surface area contributed by atoms with E-state index in [9.17, 15) is 27.2 Å². The number of fused-ring (bicyclic) bond motifs is 3. The number of esters is 1. The van der Waals surface area contributed by atoms with Gasteiger partial charge in [0.25, 0.3) is 0 Å². The summed E-state index contributed by atoms with van der Waals surface area (Å²) in [6, 6.07) is 1.89. The monoisotopic (exact) mass is 440 g/mol. The Morgan fingerprint density at radius 3 is 2.67 bits per heavy atom. The number of rotatable bonds is 3. The number of alkyl halides is 3. The number of benzene rings is 1. The molecule has 7 nitrogen and oxygen atoms in total. The number of anilines is 1. The number of ether oxygens (including phenoxy) is 1. The molecule has 30 heavy (non-hydrogen) atoms. The number of amides is 1. The molecule has 1 aliphatic rings. The number of hydrogen-bond acceptors (Lipinski definition) is 6. The van der Waals surface area contributed by atoms with E-state index in [0.29, 0.717) is 33.4 Å². The lowest BCUT2D eigenvalue weighted by molar-refractivity contribution is -0.140. The molecule has 1 amide bonds. The Morgan fingerprint density at radius 1 is 1.30 bits per heavy atom. The topological polar surface area (TPSA) is 86.1 Å². The molecular weight excluding hydrogens is 428 g/mol. The van der Waals surface area contributed by atoms with Crippen LogP contribution in [0.3, 0.4) is 0 Å². The number of nitrogens with one attached hydrogen (secondary N) is 1. The molecule has 0 aliphatic heterocycles. The molecule has 1 aromatic carbocycles. The fourth-order valence-corrected chi connectivity index (χ4v) is 4.35. The van der Waals surface area contributed by atoms with Gasteiger partial charge in [-0.15, -0.1) is 0 Å². The van der Waals surface area contributed by atoms with Crippen LogP contribution in [0.2, 0.25) is 0 Å². The number of nitrogens with zero attached hydrogens (tertiary/aromatic N) is 3. The van der Waals surface area contributed by atoms with Crippen LogP contribution in [0.1, 0.15) is 34.1 Å². The smallest absolute Gasteiger partial charge is 0.421 e. The standard InChI is InChI=1S/C18H12F4N4O3S/c1-7(27)24-17-25-10-5-8-6-23-26(14(8)15(10)30-17)11-4-3-9(16(28)29-2)13(19)12(11)18(20,21)22/h3-4,6H,5H2,1-2H3,(H,24,25,27). The zero-order valence-electron chi connectivity index (χ0n) is 15.4. The highest BCUT2D eigenvalue weighted by Crippen LogP contribution is 2.45. The highest BCUT2D eigenvalue weighted by molar-refractivity contribution is 7.19. The van der Waals surface area contributed by atoms with Gasteiger partial charge in [-0.1, -0.05) is 11.3 Å². The third kappa shape index (κ3) is 3.12. The van der Waals surface area contributed by atoms with Crippen molar-refractivity contribution in [1.82, 2.24) is 14.8 Å². The van der Waals surface area contributed by atoms with E-state index in [1.165, 1.54) is 13.1 Å². The third-order valence-corrected chi connectivity index (χ3v) is 5.46. The molecule has 0 saturated heterocycles. The third-order valence-electron chi connectivity index (χ3n) is 4.44. The first-order chi connectivity index (χ1) is 14.1. The first-order valence-corrected chi connectivity index (χ1v) is 9.26. The fraction of sp³-hybridized carbons (Fsp3) is 0.222. The Hall–Kier alpha value is -3.28. The van der Waals surface area contributed by atoms with Crippen LogP contribution in [0.15, 0.2) is 18.3 Å². The van der Waals surface area contributed by atoms with Gasteiger partial charge in [0.05, 0.1) is 40.8 Å². The van der Waals surface area contributed by atoms with Gasteiger partial charge in [0.15, 0.2) is 10.9 Å². The first kappa shape index (κ1) is 20.0. The highest BCUT2D eigenvalue weighted by atomic mass is 32.1. The van der Waals surface area contributed by atoms with Gasteiger partial charge in [-0.2, -0.15) is 18.3 Å². The van der Waals surface area contributed by atoms with Crippen LogP contribution in [-0.2, 0) is 22.1 Å². The first-order valence-electron chi connectivity index (χ1n) is 8.44. The zero-order valence-corrected chi connectivity index (χ0v) is 16.2. The summed E-state index contributed by atoms with van der Waals surface area (Å²) in [6.07, 6.45) is -3.41. The molecule has 0 radical (unpaired) electrons. The van der Waals surface area contributed by atoms with Crippen LogP contribution in [0, 0.1) is 5.82 Å². The number of thiazole rings is 1. The molecule has 0 spiro atoms. The van der Waals surface area contributed by atoms with Gasteiger partial charge in [-0.25, -0.2) is 18.9 Å². The number of carbonyl (C=O) groups excluding carboxylic acids is 2. The molecule has 0 fully saturated rings. The average Bonchev–Trinajstić information content (AvgIpc) is 3.30. The van der Waals surface area contributed by atoms with Crippen LogP contribution in [0.5, 0.6) is 0 Å². The Balaban J connectivity index is 1.90. The summed E-state index contributed by atoms with van der Waals surface area (Å²) in [7, 11) is 0.946. The van der Waals surface area contributed by atoms with E-state index in [1.54, 1.807) is 0 Å². The lowest BCUT2D eigenvalue weighted by atomic mass is 10.1. The lowest BCUT2D eigenvalue weighted by Gasteiger charge is -2.17. The van der Waals surface area contributed by atoms with E-state index in [1.807, 2.05) is 0 Å². The van der Waals surface area contributed by atoms with Crippen molar-refractivity contribution in [3.63, 3.8) is 0 Å². The van der Waals surface area contributed by atoms with Crippen molar-refractivity contribution in [2.75, 3.05) is 12.4 Å². The second-order valence-electron chi connectivity index (χ2n) is 6.39. The summed E-state index contributed by atoms with van der Waals surface area (Å²) in [5.41, 5.74) is -1.51. The maximum absolute atomic E-state index is 14.7. The second kappa shape index (κ2) is 6.90. The van der Waals surface area contributed by atoms with E-state index in [4.69, 9.17) is 0 Å². The van der Waals surface area contributed by atoms with Crippen molar-refractivity contribution < 1.29 is 31.9 Å². The van der Waals surface area contributed by atoms with E-state index >= 15 is 0 Å². The maximum Gasteiger partial charge on any atom is 0.421 e. The molecule has 12 heteroatoms. The van der Waals surface area contributed by atoms with Gasteiger partial charge in [-0.3, -0.25) is 4.79 Å². The van der Waals surface area contributed by atoms with Crippen LogP contribution in [-0.4, -0.2) is 33.8 Å². The molecule has 0 unspecified atom stereocenters. The number of hydrogen-bond donors (Lipinski definition) is 1. The molecular formula is C18H12F4N4O3S. The molecule has 2 heterocycles. The highest BCUT2D eigenvalue weighted by Gasteiger charge is 2.41. The molecule has 3 aromatic rings. The van der Waals surface area contributed by atoms with E-state index in [2.05, 4.69) is 20.1 Å². The Bertz CT molecular complexity index is 1200. The molecule has 0 atom stereocenters. The Kier molecular flexibility index (Phi) is 4.60. The molecule has 1 aliphatic carbocycles. The van der Waals surface area contributed by atoms with Crippen molar-refractivity contribution in [2.24, 2.45) is 0 Å². The summed E-state index contributed by atoms with van der Waals surface area (Å²) in [5.74, 6) is -3.30. The van der Waals surface area contributed by atoms with Gasteiger partial charge in [0.1, 0.15) is 5.56 Å². The number of methoxy groups -OCH3 is 1. The number of halogens is 4. The van der Waals surface area contributed by atoms with Gasteiger partial charge >= 0.3 is 12.1 Å². The summed E-state index contributed by atoms with van der Waals surface area (Å²) in [6.45, 7) is 1.31. The largest absolute Gasteiger partial charge is 0.465 e. The van der Waals surface area contributed by atoms with Gasteiger partial charge in [0, 0.05) is 18.9 Å². The summed E-state index contributed by atoms with van der Waals surface area (Å²) in [4.78, 5) is 27.7. The zero-order chi connectivity index (χ0) is 21.8. The van der Waals surface area contributed by atoms with Gasteiger partial charge in [0.2, 0.25) is 5.91 Å². The van der Waals surface area contributed by atoms with Crippen molar-refractivity contribution in [3.05, 3.63) is 46.5 Å². The molecule has 0 saturated carbocycles. The van der Waals surface area contributed by atoms with Gasteiger partial charge < -0.3 is 10.1 Å². The Labute approximate surface area is 170 Å². The van der Waals surface area contributed by atoms with Crippen LogP contribution in [0.25, 0.3) is 16.3 Å². The van der Waals surface area contributed by atoms with E-state index in [0.717, 1.165) is 35.3 Å². The van der Waals surface area contributed by atoms with Crippen LogP contribution < -0.4 is 5.32 Å². The minimum absolute atomic E-state index is 0.300. The lowest BCUT2D eigenvalue weighted by Crippen LogP contribution is -2.18. The van der Waals surface area contributed by atoms with Crippen molar-refractivity contribution >= 4 is 28.3 Å². The van der Waals surface area contributed by atoms with Crippen molar-refractivity contribution in [2.45, 2.75) is 19.5 Å².